The van der Waals surface area contributed by atoms with Crippen LogP contribution in [-0.2, 0) is 0 Å². The van der Waals surface area contributed by atoms with Crippen molar-refractivity contribution in [2.24, 2.45) is 0 Å². The van der Waals surface area contributed by atoms with Crippen LogP contribution in [0.3, 0.4) is 0 Å². The van der Waals surface area contributed by atoms with Gasteiger partial charge in [-0.05, 0) is 51.5 Å². The smallest absolute Gasteiger partial charge is 0.252 e. The van der Waals surface area contributed by atoms with Gasteiger partial charge in [0.2, 0.25) is 0 Å². The summed E-state index contributed by atoms with van der Waals surface area (Å²) in [4.78, 5) is 12.5. The van der Waals surface area contributed by atoms with E-state index in [4.69, 9.17) is 10.2 Å². The van der Waals surface area contributed by atoms with Gasteiger partial charge in [-0.1, -0.05) is 15.9 Å². The minimum absolute atomic E-state index is 0.130. The van der Waals surface area contributed by atoms with E-state index in [1.54, 1.807) is 12.1 Å². The van der Waals surface area contributed by atoms with Crippen LogP contribution in [0.5, 0.6) is 0 Å². The van der Waals surface area contributed by atoms with Gasteiger partial charge in [-0.2, -0.15) is 0 Å². The van der Waals surface area contributed by atoms with Crippen LogP contribution in [0.4, 0.5) is 5.69 Å². The molecule has 0 spiro atoms. The molecular weight excluding hydrogens is 332 g/mol. The Morgan fingerprint density at radius 2 is 1.95 bits per heavy atom. The molecule has 2 rings (SSSR count). The minimum Gasteiger partial charge on any atom is -0.466 e. The maximum absolute atomic E-state index is 12.5. The lowest BCUT2D eigenvalue weighted by molar-refractivity contribution is 0.0939. The molecule has 0 fully saturated rings. The van der Waals surface area contributed by atoms with E-state index in [-0.39, 0.29) is 11.9 Å². The second-order valence-electron chi connectivity index (χ2n) is 5.23. The Morgan fingerprint density at radius 1 is 1.29 bits per heavy atom. The van der Waals surface area contributed by atoms with Gasteiger partial charge in [-0.15, -0.1) is 0 Å². The summed E-state index contributed by atoms with van der Waals surface area (Å²) in [6, 6.07) is 5.39. The maximum atomic E-state index is 12.5. The fourth-order valence-electron chi connectivity index (χ4n) is 2.37. The van der Waals surface area contributed by atoms with Crippen LogP contribution >= 0.6 is 15.9 Å². The van der Waals surface area contributed by atoms with Gasteiger partial charge >= 0.3 is 0 Å². The molecule has 1 atom stereocenters. The zero-order valence-electron chi connectivity index (χ0n) is 12.6. The van der Waals surface area contributed by atoms with Crippen molar-refractivity contribution in [3.63, 3.8) is 0 Å². The second-order valence-corrected chi connectivity index (χ2v) is 6.15. The van der Waals surface area contributed by atoms with Gasteiger partial charge in [0, 0.05) is 21.3 Å². The first-order chi connectivity index (χ1) is 9.79. The summed E-state index contributed by atoms with van der Waals surface area (Å²) < 4.78 is 6.30. The molecule has 3 N–H and O–H groups in total. The molecule has 0 saturated heterocycles. The number of nitrogens with one attached hydrogen (secondary N) is 1. The third-order valence-electron chi connectivity index (χ3n) is 3.55. The molecule has 0 bridgehead atoms. The lowest BCUT2D eigenvalue weighted by Crippen LogP contribution is -2.27. The van der Waals surface area contributed by atoms with E-state index < -0.39 is 0 Å². The summed E-state index contributed by atoms with van der Waals surface area (Å²) in [5.74, 6) is 1.52. The number of amides is 1. The van der Waals surface area contributed by atoms with Crippen LogP contribution in [0.2, 0.25) is 0 Å². The standard InChI is InChI=1S/C16H19BrN2O2/c1-8-5-14(11(4)21-8)10(3)19-16(20)13-6-12(17)7-15(18)9(13)2/h5-7,10H,18H2,1-4H3,(H,19,20). The SMILES string of the molecule is Cc1cc(C(C)NC(=O)c2cc(Br)cc(N)c2C)c(C)o1. The van der Waals surface area contributed by atoms with Gasteiger partial charge in [0.25, 0.3) is 5.91 Å². The number of aryl methyl sites for hydroxylation is 2. The molecule has 1 amide bonds. The average Bonchev–Trinajstić information content (AvgIpc) is 2.72. The van der Waals surface area contributed by atoms with Crippen molar-refractivity contribution in [2.45, 2.75) is 33.7 Å². The molecule has 2 aromatic rings. The quantitative estimate of drug-likeness (QED) is 0.820. The fourth-order valence-corrected chi connectivity index (χ4v) is 2.84. The molecule has 1 heterocycles. The van der Waals surface area contributed by atoms with E-state index in [2.05, 4.69) is 21.2 Å². The first-order valence-electron chi connectivity index (χ1n) is 6.73. The fraction of sp³-hybridized carbons (Fsp3) is 0.312. The number of anilines is 1. The van der Waals surface area contributed by atoms with E-state index in [0.717, 1.165) is 27.1 Å². The van der Waals surface area contributed by atoms with Crippen molar-refractivity contribution >= 4 is 27.5 Å². The average molecular weight is 351 g/mol. The molecule has 0 saturated carbocycles. The normalized spacial score (nSPS) is 12.2. The molecule has 112 valence electrons. The molecule has 21 heavy (non-hydrogen) atoms. The van der Waals surface area contributed by atoms with Crippen molar-refractivity contribution in [3.05, 3.63) is 50.9 Å². The van der Waals surface area contributed by atoms with Crippen LogP contribution < -0.4 is 11.1 Å². The number of carbonyl (C=O) groups excluding carboxylic acids is 1. The number of halogens is 1. The van der Waals surface area contributed by atoms with Crippen LogP contribution in [0, 0.1) is 20.8 Å². The third-order valence-corrected chi connectivity index (χ3v) is 4.01. The zero-order valence-corrected chi connectivity index (χ0v) is 14.2. The Hall–Kier alpha value is -1.75. The molecule has 4 nitrogen and oxygen atoms in total. The Labute approximate surface area is 132 Å². The van der Waals surface area contributed by atoms with Crippen molar-refractivity contribution in [2.75, 3.05) is 5.73 Å². The van der Waals surface area contributed by atoms with E-state index >= 15 is 0 Å². The van der Waals surface area contributed by atoms with Crippen LogP contribution in [0.1, 0.15) is 46.0 Å². The molecule has 5 heteroatoms. The first-order valence-corrected chi connectivity index (χ1v) is 7.52. The van der Waals surface area contributed by atoms with Gasteiger partial charge in [-0.3, -0.25) is 4.79 Å². The maximum Gasteiger partial charge on any atom is 0.252 e. The van der Waals surface area contributed by atoms with Gasteiger partial charge in [0.05, 0.1) is 6.04 Å². The van der Waals surface area contributed by atoms with E-state index in [1.165, 1.54) is 0 Å². The number of nitrogens with two attached hydrogens (primary N) is 1. The second kappa shape index (κ2) is 5.93. The lowest BCUT2D eigenvalue weighted by atomic mass is 10.0. The molecule has 1 aromatic carbocycles. The molecule has 1 unspecified atom stereocenters. The first kappa shape index (κ1) is 15.6. The predicted octanol–water partition coefficient (Wildman–Crippen LogP) is 4.04. The summed E-state index contributed by atoms with van der Waals surface area (Å²) in [5.41, 5.74) is 8.84. The van der Waals surface area contributed by atoms with Gasteiger partial charge in [0.15, 0.2) is 0 Å². The van der Waals surface area contributed by atoms with Crippen molar-refractivity contribution < 1.29 is 9.21 Å². The largest absolute Gasteiger partial charge is 0.466 e. The summed E-state index contributed by atoms with van der Waals surface area (Å²) in [5, 5.41) is 2.99. The summed E-state index contributed by atoms with van der Waals surface area (Å²) in [6.07, 6.45) is 0. The number of rotatable bonds is 3. The minimum atomic E-state index is -0.147. The van der Waals surface area contributed by atoms with Crippen molar-refractivity contribution in [1.82, 2.24) is 5.32 Å². The number of hydrogen-bond acceptors (Lipinski definition) is 3. The molecule has 0 radical (unpaired) electrons. The number of nitrogen functional groups attached to an aromatic ring is 1. The number of carbonyl (C=O) groups is 1. The predicted molar refractivity (Wildman–Crippen MR) is 87.4 cm³/mol. The molecule has 0 aliphatic carbocycles. The Balaban J connectivity index is 2.24. The lowest BCUT2D eigenvalue weighted by Gasteiger charge is -2.15. The highest BCUT2D eigenvalue weighted by Crippen LogP contribution is 2.25. The van der Waals surface area contributed by atoms with Gasteiger partial charge in [0.1, 0.15) is 11.5 Å². The molecular formula is C16H19BrN2O2. The summed E-state index contributed by atoms with van der Waals surface area (Å²) in [6.45, 7) is 7.57. The highest BCUT2D eigenvalue weighted by Gasteiger charge is 2.18. The summed E-state index contributed by atoms with van der Waals surface area (Å²) in [7, 11) is 0. The Bertz CT molecular complexity index is 692. The third kappa shape index (κ3) is 3.29. The number of hydrogen-bond donors (Lipinski definition) is 2. The van der Waals surface area contributed by atoms with E-state index in [0.29, 0.717) is 11.3 Å². The van der Waals surface area contributed by atoms with E-state index in [9.17, 15) is 4.79 Å². The number of furan rings is 1. The highest BCUT2D eigenvalue weighted by atomic mass is 79.9. The van der Waals surface area contributed by atoms with Crippen molar-refractivity contribution in [1.29, 1.82) is 0 Å². The topological polar surface area (TPSA) is 68.3 Å². The number of benzene rings is 1. The zero-order chi connectivity index (χ0) is 15.7. The Morgan fingerprint density at radius 3 is 2.52 bits per heavy atom. The highest BCUT2D eigenvalue weighted by molar-refractivity contribution is 9.10. The van der Waals surface area contributed by atoms with Gasteiger partial charge in [-0.25, -0.2) is 0 Å². The molecule has 0 aliphatic heterocycles. The molecule has 0 aliphatic rings. The van der Waals surface area contributed by atoms with Gasteiger partial charge < -0.3 is 15.5 Å². The van der Waals surface area contributed by atoms with E-state index in [1.807, 2.05) is 33.8 Å². The monoisotopic (exact) mass is 350 g/mol. The van der Waals surface area contributed by atoms with Crippen LogP contribution in [-0.4, -0.2) is 5.91 Å². The van der Waals surface area contributed by atoms with Crippen molar-refractivity contribution in [3.8, 4) is 0 Å². The van der Waals surface area contributed by atoms with Crippen LogP contribution in [0.25, 0.3) is 0 Å². The molecule has 1 aromatic heterocycles. The Kier molecular flexibility index (Phi) is 4.42. The van der Waals surface area contributed by atoms with Crippen LogP contribution in [0.15, 0.2) is 27.1 Å². The summed E-state index contributed by atoms with van der Waals surface area (Å²) >= 11 is 3.37.